The highest BCUT2D eigenvalue weighted by atomic mass is 19.4. The summed E-state index contributed by atoms with van der Waals surface area (Å²) in [7, 11) is 0. The maximum Gasteiger partial charge on any atom is 0.416 e. The molecule has 2 N–H and O–H groups in total. The van der Waals surface area contributed by atoms with Crippen LogP contribution in [0.2, 0.25) is 0 Å². The van der Waals surface area contributed by atoms with Gasteiger partial charge in [0.15, 0.2) is 0 Å². The molecule has 4 aromatic rings. The number of carbonyl (C=O) groups is 1. The molecule has 1 saturated heterocycles. The second kappa shape index (κ2) is 7.40. The van der Waals surface area contributed by atoms with Crippen LogP contribution in [0.25, 0.3) is 16.6 Å². The van der Waals surface area contributed by atoms with Crippen LogP contribution >= 0.6 is 0 Å². The lowest BCUT2D eigenvalue weighted by Gasteiger charge is -2.41. The molecule has 1 unspecified atom stereocenters. The number of anilines is 1. The molecule has 2 aromatic heterocycles. The first kappa shape index (κ1) is 21.8. The fourth-order valence-corrected chi connectivity index (χ4v) is 5.80. The number of fused-ring (bicyclic) bond motifs is 6. The molecule has 180 valence electrons. The van der Waals surface area contributed by atoms with Crippen LogP contribution in [0.15, 0.2) is 42.9 Å². The van der Waals surface area contributed by atoms with Crippen molar-refractivity contribution in [2.24, 2.45) is 11.8 Å². The monoisotopic (exact) mass is 483 g/mol. The van der Waals surface area contributed by atoms with E-state index in [1.165, 1.54) is 36.8 Å². The molecular formula is C25H21F4N5O. The van der Waals surface area contributed by atoms with Gasteiger partial charge >= 0.3 is 6.18 Å². The molecule has 3 atom stereocenters. The maximum atomic E-state index is 15.2. The van der Waals surface area contributed by atoms with E-state index in [4.69, 9.17) is 5.73 Å². The molecule has 2 aliphatic rings. The van der Waals surface area contributed by atoms with Gasteiger partial charge in [0, 0.05) is 12.6 Å². The minimum atomic E-state index is -4.43. The van der Waals surface area contributed by atoms with Crippen molar-refractivity contribution in [2.45, 2.75) is 32.0 Å². The summed E-state index contributed by atoms with van der Waals surface area (Å²) in [4.78, 5) is 23.7. The van der Waals surface area contributed by atoms with Crippen molar-refractivity contribution in [3.8, 4) is 0 Å². The fourth-order valence-electron chi connectivity index (χ4n) is 5.80. The summed E-state index contributed by atoms with van der Waals surface area (Å²) in [6.07, 6.45) is -0.142. The van der Waals surface area contributed by atoms with Crippen molar-refractivity contribution in [2.75, 3.05) is 12.3 Å². The van der Waals surface area contributed by atoms with Gasteiger partial charge in [0.1, 0.15) is 17.2 Å². The molecule has 1 fully saturated rings. The smallest absolute Gasteiger partial charge is 0.382 e. The summed E-state index contributed by atoms with van der Waals surface area (Å²) in [5.74, 6) is -0.923. The third-order valence-electron chi connectivity index (χ3n) is 7.22. The average molecular weight is 483 g/mol. The number of likely N-dealkylation sites (tertiary alicyclic amines) is 1. The number of imidazole rings is 1. The van der Waals surface area contributed by atoms with E-state index in [2.05, 4.69) is 9.97 Å². The summed E-state index contributed by atoms with van der Waals surface area (Å²) >= 11 is 0. The molecule has 6 nitrogen and oxygen atoms in total. The van der Waals surface area contributed by atoms with E-state index in [-0.39, 0.29) is 28.7 Å². The number of nitrogens with zero attached hydrogens (tertiary/aromatic N) is 4. The van der Waals surface area contributed by atoms with Crippen LogP contribution in [0.1, 0.15) is 46.4 Å². The highest BCUT2D eigenvalue weighted by Gasteiger charge is 2.44. The molecule has 0 saturated carbocycles. The van der Waals surface area contributed by atoms with Gasteiger partial charge in [-0.15, -0.1) is 0 Å². The Hall–Kier alpha value is -3.69. The first-order valence-electron chi connectivity index (χ1n) is 11.3. The summed E-state index contributed by atoms with van der Waals surface area (Å²) in [5.41, 5.74) is 7.75. The lowest BCUT2D eigenvalue weighted by atomic mass is 9.84. The summed E-state index contributed by atoms with van der Waals surface area (Å²) in [5, 5.41) is 0. The fraction of sp³-hybridized carbons (Fsp3) is 0.320. The van der Waals surface area contributed by atoms with Crippen molar-refractivity contribution < 1.29 is 22.4 Å². The highest BCUT2D eigenvalue weighted by Crippen LogP contribution is 2.48. The third-order valence-corrected chi connectivity index (χ3v) is 7.22. The SMILES string of the molecule is C[C@@H]1CC2Cc3cc(C(F)(F)F)ccc3[C@@H]2N(C(=O)c2cc3c(cc2F)nc(N)c2cncn23)C1. The topological polar surface area (TPSA) is 76.5 Å². The summed E-state index contributed by atoms with van der Waals surface area (Å²) < 4.78 is 56.7. The highest BCUT2D eigenvalue weighted by molar-refractivity contribution is 5.99. The van der Waals surface area contributed by atoms with Crippen LogP contribution in [0.3, 0.4) is 0 Å². The van der Waals surface area contributed by atoms with E-state index in [0.29, 0.717) is 35.1 Å². The quantitative estimate of drug-likeness (QED) is 0.386. The van der Waals surface area contributed by atoms with Crippen molar-refractivity contribution in [1.82, 2.24) is 19.3 Å². The minimum absolute atomic E-state index is 0.0217. The number of hydrogen-bond donors (Lipinski definition) is 1. The minimum Gasteiger partial charge on any atom is -0.382 e. The van der Waals surface area contributed by atoms with E-state index in [9.17, 15) is 18.0 Å². The number of benzene rings is 2. The van der Waals surface area contributed by atoms with Crippen molar-refractivity contribution in [3.63, 3.8) is 0 Å². The normalized spacial score (nSPS) is 22.0. The van der Waals surface area contributed by atoms with Gasteiger partial charge in [0.05, 0.1) is 40.7 Å². The largest absolute Gasteiger partial charge is 0.416 e. The van der Waals surface area contributed by atoms with Crippen LogP contribution < -0.4 is 5.73 Å². The maximum absolute atomic E-state index is 15.2. The van der Waals surface area contributed by atoms with Crippen molar-refractivity contribution >= 4 is 28.3 Å². The third kappa shape index (κ3) is 3.34. The molecular weight excluding hydrogens is 462 g/mol. The van der Waals surface area contributed by atoms with Gasteiger partial charge in [-0.05, 0) is 54.0 Å². The molecule has 0 bridgehead atoms. The zero-order valence-corrected chi connectivity index (χ0v) is 18.7. The zero-order chi connectivity index (χ0) is 24.6. The van der Waals surface area contributed by atoms with Gasteiger partial charge in [-0.1, -0.05) is 13.0 Å². The molecule has 10 heteroatoms. The number of aromatic nitrogens is 3. The molecule has 0 spiro atoms. The van der Waals surface area contributed by atoms with Crippen LogP contribution in [-0.4, -0.2) is 31.7 Å². The standard InChI is InChI=1S/C25H21F4N5O/c1-12-4-14-5-13-6-15(25(27,28)29)2-3-16(13)22(14)33(10-12)24(35)17-7-20-19(8-18(17)26)32-23(30)21-9-31-11-34(20)21/h2-3,6-9,11-12,14,22H,4-5,10H2,1H3,(H2,30,32)/t12-,14?,22-/m1/s1. The van der Waals surface area contributed by atoms with Crippen molar-refractivity contribution in [1.29, 1.82) is 0 Å². The Morgan fingerprint density at radius 1 is 1.17 bits per heavy atom. The molecule has 1 aliphatic heterocycles. The zero-order valence-electron chi connectivity index (χ0n) is 18.7. The second-order valence-electron chi connectivity index (χ2n) is 9.59. The number of alkyl halides is 3. The second-order valence-corrected chi connectivity index (χ2v) is 9.59. The predicted octanol–water partition coefficient (Wildman–Crippen LogP) is 5.02. The van der Waals surface area contributed by atoms with Crippen LogP contribution in [0.4, 0.5) is 23.4 Å². The van der Waals surface area contributed by atoms with Gasteiger partial charge in [-0.2, -0.15) is 13.2 Å². The lowest BCUT2D eigenvalue weighted by molar-refractivity contribution is -0.137. The Bertz CT molecular complexity index is 1510. The lowest BCUT2D eigenvalue weighted by Crippen LogP contribution is -2.44. The number of nitrogen functional groups attached to an aromatic ring is 1. The van der Waals surface area contributed by atoms with Gasteiger partial charge in [-0.3, -0.25) is 9.20 Å². The van der Waals surface area contributed by atoms with E-state index in [1.54, 1.807) is 9.30 Å². The Balaban J connectivity index is 1.44. The molecule has 2 aromatic carbocycles. The first-order valence-corrected chi connectivity index (χ1v) is 11.3. The van der Waals surface area contributed by atoms with Crippen LogP contribution in [0, 0.1) is 17.7 Å². The van der Waals surface area contributed by atoms with E-state index >= 15 is 4.39 Å². The number of halogens is 4. The number of nitrogens with two attached hydrogens (primary N) is 1. The van der Waals surface area contributed by atoms with E-state index in [0.717, 1.165) is 12.5 Å². The number of piperidine rings is 1. The van der Waals surface area contributed by atoms with Crippen LogP contribution in [-0.2, 0) is 12.6 Å². The van der Waals surface area contributed by atoms with E-state index in [1.807, 2.05) is 6.92 Å². The number of carbonyl (C=O) groups excluding carboxylic acids is 1. The van der Waals surface area contributed by atoms with Crippen molar-refractivity contribution in [3.05, 3.63) is 70.9 Å². The number of rotatable bonds is 1. The van der Waals surface area contributed by atoms with Gasteiger partial charge in [-0.25, -0.2) is 14.4 Å². The Morgan fingerprint density at radius 3 is 2.74 bits per heavy atom. The Labute approximate surface area is 197 Å². The van der Waals surface area contributed by atoms with E-state index < -0.39 is 29.5 Å². The Morgan fingerprint density at radius 2 is 1.97 bits per heavy atom. The molecule has 35 heavy (non-hydrogen) atoms. The van der Waals surface area contributed by atoms with Crippen LogP contribution in [0.5, 0.6) is 0 Å². The molecule has 3 heterocycles. The van der Waals surface area contributed by atoms with Gasteiger partial charge < -0.3 is 10.6 Å². The van der Waals surface area contributed by atoms with Gasteiger partial charge in [0.25, 0.3) is 5.91 Å². The average Bonchev–Trinajstić information content (AvgIpc) is 3.42. The Kier molecular flexibility index (Phi) is 4.61. The molecule has 1 amide bonds. The molecule has 0 radical (unpaired) electrons. The summed E-state index contributed by atoms with van der Waals surface area (Å²) in [6.45, 7) is 2.39. The predicted molar refractivity (Wildman–Crippen MR) is 121 cm³/mol. The number of hydrogen-bond acceptors (Lipinski definition) is 4. The first-order chi connectivity index (χ1) is 16.6. The summed E-state index contributed by atoms with van der Waals surface area (Å²) in [6, 6.07) is 5.95. The molecule has 1 aliphatic carbocycles. The van der Waals surface area contributed by atoms with Gasteiger partial charge in [0.2, 0.25) is 0 Å². The molecule has 6 rings (SSSR count). The number of amides is 1.